The summed E-state index contributed by atoms with van der Waals surface area (Å²) in [4.78, 5) is 16.2. The molecule has 2 aromatic rings. The van der Waals surface area contributed by atoms with E-state index in [9.17, 15) is 4.79 Å². The van der Waals surface area contributed by atoms with Crippen LogP contribution in [-0.2, 0) is 13.6 Å². The molecule has 0 saturated heterocycles. The Kier molecular flexibility index (Phi) is 2.85. The van der Waals surface area contributed by atoms with E-state index in [1.54, 1.807) is 23.3 Å². The summed E-state index contributed by atoms with van der Waals surface area (Å²) in [5, 5.41) is 7.23. The van der Waals surface area contributed by atoms with Crippen LogP contribution in [0.3, 0.4) is 0 Å². The monoisotopic (exact) mass is 259 g/mol. The SMILES string of the molecule is Cc1cnn(CC2CC2)c1NC(=O)c1cn(C)cn1. The highest BCUT2D eigenvalue weighted by molar-refractivity contribution is 6.02. The third-order valence-electron chi connectivity index (χ3n) is 3.32. The van der Waals surface area contributed by atoms with E-state index in [4.69, 9.17) is 0 Å². The molecule has 1 amide bonds. The molecule has 1 N–H and O–H groups in total. The lowest BCUT2D eigenvalue weighted by atomic mass is 10.3. The summed E-state index contributed by atoms with van der Waals surface area (Å²) >= 11 is 0. The Balaban J connectivity index is 1.78. The van der Waals surface area contributed by atoms with Gasteiger partial charge in [-0.1, -0.05) is 0 Å². The van der Waals surface area contributed by atoms with Gasteiger partial charge < -0.3 is 9.88 Å². The van der Waals surface area contributed by atoms with Gasteiger partial charge in [0.2, 0.25) is 0 Å². The van der Waals surface area contributed by atoms with Gasteiger partial charge in [-0.05, 0) is 25.7 Å². The quantitative estimate of drug-likeness (QED) is 0.906. The molecule has 0 unspecified atom stereocenters. The molecule has 6 nitrogen and oxygen atoms in total. The molecule has 100 valence electrons. The molecule has 1 saturated carbocycles. The molecule has 19 heavy (non-hydrogen) atoms. The van der Waals surface area contributed by atoms with Gasteiger partial charge in [0, 0.05) is 25.4 Å². The van der Waals surface area contributed by atoms with Crippen LogP contribution < -0.4 is 5.32 Å². The Morgan fingerprint density at radius 1 is 1.53 bits per heavy atom. The number of aromatic nitrogens is 4. The van der Waals surface area contributed by atoms with Gasteiger partial charge in [0.15, 0.2) is 0 Å². The average molecular weight is 259 g/mol. The van der Waals surface area contributed by atoms with Crippen molar-refractivity contribution in [2.45, 2.75) is 26.3 Å². The Bertz CT molecular complexity index is 608. The Labute approximate surface area is 111 Å². The number of aryl methyl sites for hydroxylation is 2. The molecule has 6 heteroatoms. The van der Waals surface area contributed by atoms with Crippen molar-refractivity contribution in [2.75, 3.05) is 5.32 Å². The topological polar surface area (TPSA) is 64.7 Å². The second kappa shape index (κ2) is 4.53. The van der Waals surface area contributed by atoms with Gasteiger partial charge in [0.1, 0.15) is 11.5 Å². The predicted molar refractivity (Wildman–Crippen MR) is 70.8 cm³/mol. The second-order valence-electron chi connectivity index (χ2n) is 5.18. The summed E-state index contributed by atoms with van der Waals surface area (Å²) in [6.07, 6.45) is 7.62. The molecule has 0 aliphatic heterocycles. The maximum atomic E-state index is 12.1. The fraction of sp³-hybridized carbons (Fsp3) is 0.462. The zero-order valence-electron chi connectivity index (χ0n) is 11.1. The summed E-state index contributed by atoms with van der Waals surface area (Å²) in [5.74, 6) is 1.30. The summed E-state index contributed by atoms with van der Waals surface area (Å²) in [5.41, 5.74) is 1.39. The van der Waals surface area contributed by atoms with Crippen LogP contribution in [0.25, 0.3) is 0 Å². The lowest BCUT2D eigenvalue weighted by molar-refractivity contribution is 0.102. The van der Waals surface area contributed by atoms with Gasteiger partial charge in [-0.15, -0.1) is 0 Å². The van der Waals surface area contributed by atoms with E-state index in [0.717, 1.165) is 17.9 Å². The van der Waals surface area contributed by atoms with Gasteiger partial charge in [0.05, 0.1) is 12.5 Å². The minimum atomic E-state index is -0.193. The van der Waals surface area contributed by atoms with Crippen molar-refractivity contribution >= 4 is 11.7 Å². The van der Waals surface area contributed by atoms with Crippen molar-refractivity contribution in [1.29, 1.82) is 0 Å². The zero-order chi connectivity index (χ0) is 13.4. The van der Waals surface area contributed by atoms with Crippen molar-refractivity contribution in [1.82, 2.24) is 19.3 Å². The van der Waals surface area contributed by atoms with Crippen LogP contribution in [0.5, 0.6) is 0 Å². The molecule has 3 rings (SSSR count). The van der Waals surface area contributed by atoms with E-state index >= 15 is 0 Å². The Hall–Kier alpha value is -2.11. The molecule has 0 radical (unpaired) electrons. The van der Waals surface area contributed by atoms with Gasteiger partial charge in [-0.25, -0.2) is 9.67 Å². The largest absolute Gasteiger partial charge is 0.340 e. The number of rotatable bonds is 4. The number of anilines is 1. The lowest BCUT2D eigenvalue weighted by Crippen LogP contribution is -2.17. The van der Waals surface area contributed by atoms with Crippen LogP contribution in [-0.4, -0.2) is 25.2 Å². The number of hydrogen-bond donors (Lipinski definition) is 1. The number of carbonyl (C=O) groups excluding carboxylic acids is 1. The zero-order valence-corrected chi connectivity index (χ0v) is 11.1. The standard InChI is InChI=1S/C13H17N5O/c1-9-5-15-18(6-10-3-4-10)12(9)16-13(19)11-7-17(2)8-14-11/h5,7-8,10H,3-4,6H2,1-2H3,(H,16,19). The highest BCUT2D eigenvalue weighted by Gasteiger charge is 2.24. The normalized spacial score (nSPS) is 14.6. The summed E-state index contributed by atoms with van der Waals surface area (Å²) in [7, 11) is 1.84. The molecule has 1 aliphatic carbocycles. The smallest absolute Gasteiger partial charge is 0.276 e. The first-order chi connectivity index (χ1) is 9.13. The van der Waals surface area contributed by atoms with E-state index < -0.39 is 0 Å². The first-order valence-corrected chi connectivity index (χ1v) is 6.45. The van der Waals surface area contributed by atoms with Gasteiger partial charge in [-0.2, -0.15) is 5.10 Å². The first kappa shape index (κ1) is 12.0. The van der Waals surface area contributed by atoms with E-state index in [0.29, 0.717) is 11.6 Å². The Morgan fingerprint density at radius 2 is 2.32 bits per heavy atom. The van der Waals surface area contributed by atoms with Crippen molar-refractivity contribution < 1.29 is 4.79 Å². The van der Waals surface area contributed by atoms with Crippen LogP contribution in [0.1, 0.15) is 28.9 Å². The number of imidazole rings is 1. The van der Waals surface area contributed by atoms with E-state index in [1.165, 1.54) is 12.8 Å². The number of amides is 1. The Morgan fingerprint density at radius 3 is 2.95 bits per heavy atom. The van der Waals surface area contributed by atoms with Crippen LogP contribution in [0.4, 0.5) is 5.82 Å². The van der Waals surface area contributed by atoms with Crippen molar-refractivity contribution in [3.63, 3.8) is 0 Å². The molecular weight excluding hydrogens is 242 g/mol. The molecule has 0 bridgehead atoms. The third-order valence-corrected chi connectivity index (χ3v) is 3.32. The molecule has 2 heterocycles. The van der Waals surface area contributed by atoms with Crippen LogP contribution in [0, 0.1) is 12.8 Å². The highest BCUT2D eigenvalue weighted by Crippen LogP contribution is 2.31. The van der Waals surface area contributed by atoms with E-state index in [1.807, 2.05) is 18.7 Å². The number of nitrogens with one attached hydrogen (secondary N) is 1. The number of nitrogens with zero attached hydrogens (tertiary/aromatic N) is 4. The molecule has 0 aromatic carbocycles. The maximum Gasteiger partial charge on any atom is 0.276 e. The summed E-state index contributed by atoms with van der Waals surface area (Å²) in [6, 6.07) is 0. The van der Waals surface area contributed by atoms with Crippen LogP contribution >= 0.6 is 0 Å². The van der Waals surface area contributed by atoms with Gasteiger partial charge in [-0.3, -0.25) is 4.79 Å². The van der Waals surface area contributed by atoms with Crippen molar-refractivity contribution in [3.8, 4) is 0 Å². The number of carbonyl (C=O) groups is 1. The van der Waals surface area contributed by atoms with Gasteiger partial charge in [0.25, 0.3) is 5.91 Å². The van der Waals surface area contributed by atoms with Crippen molar-refractivity contribution in [2.24, 2.45) is 13.0 Å². The second-order valence-corrected chi connectivity index (χ2v) is 5.18. The summed E-state index contributed by atoms with van der Waals surface area (Å²) in [6.45, 7) is 2.83. The minimum absolute atomic E-state index is 0.193. The number of hydrogen-bond acceptors (Lipinski definition) is 3. The third kappa shape index (κ3) is 2.52. The molecule has 2 aromatic heterocycles. The predicted octanol–water partition coefficient (Wildman–Crippen LogP) is 1.59. The van der Waals surface area contributed by atoms with E-state index in [2.05, 4.69) is 15.4 Å². The minimum Gasteiger partial charge on any atom is -0.340 e. The first-order valence-electron chi connectivity index (χ1n) is 6.45. The molecule has 0 atom stereocenters. The fourth-order valence-corrected chi connectivity index (χ4v) is 2.03. The lowest BCUT2D eigenvalue weighted by Gasteiger charge is -2.08. The van der Waals surface area contributed by atoms with Crippen LogP contribution in [0.2, 0.25) is 0 Å². The molecular formula is C13H17N5O. The molecule has 1 aliphatic rings. The van der Waals surface area contributed by atoms with Crippen molar-refractivity contribution in [3.05, 3.63) is 30.0 Å². The maximum absolute atomic E-state index is 12.1. The molecule has 1 fully saturated rings. The highest BCUT2D eigenvalue weighted by atomic mass is 16.2. The van der Waals surface area contributed by atoms with Crippen LogP contribution in [0.15, 0.2) is 18.7 Å². The molecule has 0 spiro atoms. The fourth-order valence-electron chi connectivity index (χ4n) is 2.03. The average Bonchev–Trinajstić information content (AvgIpc) is 3.00. The van der Waals surface area contributed by atoms with E-state index in [-0.39, 0.29) is 5.91 Å². The summed E-state index contributed by atoms with van der Waals surface area (Å²) < 4.78 is 3.64. The van der Waals surface area contributed by atoms with Gasteiger partial charge >= 0.3 is 0 Å².